The van der Waals surface area contributed by atoms with Crippen molar-refractivity contribution in [2.45, 2.75) is 91.9 Å². The van der Waals surface area contributed by atoms with Crippen LogP contribution in [0.5, 0.6) is 0 Å². The minimum atomic E-state index is 0.0563. The molecule has 0 spiro atoms. The van der Waals surface area contributed by atoms with E-state index in [0.717, 1.165) is 61.3 Å². The van der Waals surface area contributed by atoms with Gasteiger partial charge in [-0.1, -0.05) is 6.92 Å². The SMILES string of the molecule is CCCCC(CC)Cc1sc(CC(CC)CCCC)c2c1C(=O)c1c(-c3nccs3)sc(-c3ccc[se]3)c1C2=O. The summed E-state index contributed by atoms with van der Waals surface area (Å²) in [5, 5.41) is 2.80. The third kappa shape index (κ3) is 5.83. The van der Waals surface area contributed by atoms with E-state index >= 15 is 0 Å². The fraction of sp³-hybridized carbons (Fsp3) is 0.485. The summed E-state index contributed by atoms with van der Waals surface area (Å²) in [6.45, 7) is 9.02. The standard InChI is InChI=1S/C33H39NO2S3Se/c1-5-9-12-20(7-3)18-22-25-26(23(38-22)19-21(8-4)13-10-6-2)30(36)28-27(29(25)35)31(24-14-11-17-40-24)39-32(28)33-34-15-16-37-33/h11,14-17,20-21H,5-10,12-13,18-19H2,1-4H3. The molecule has 0 saturated heterocycles. The molecule has 4 aromatic heterocycles. The molecule has 0 amide bonds. The van der Waals surface area contributed by atoms with Crippen LogP contribution >= 0.6 is 34.0 Å². The zero-order valence-corrected chi connectivity index (χ0v) is 28.2. The quantitative estimate of drug-likeness (QED) is 0.112. The first-order valence-corrected chi connectivity index (χ1v) is 19.2. The monoisotopic (exact) mass is 657 g/mol. The number of unbranched alkanes of at least 4 members (excludes halogenated alkanes) is 2. The number of rotatable bonds is 14. The van der Waals surface area contributed by atoms with Gasteiger partial charge in [-0.25, -0.2) is 0 Å². The molecular formula is C33H39NO2S3Se. The third-order valence-electron chi connectivity index (χ3n) is 8.28. The molecule has 4 aromatic rings. The predicted octanol–water partition coefficient (Wildman–Crippen LogP) is 9.95. The van der Waals surface area contributed by atoms with Crippen molar-refractivity contribution >= 4 is 60.1 Å². The number of hydrogen-bond acceptors (Lipinski definition) is 6. The van der Waals surface area contributed by atoms with E-state index in [-0.39, 0.29) is 26.1 Å². The Morgan fingerprint density at radius 2 is 1.40 bits per heavy atom. The number of thiophene rings is 2. The van der Waals surface area contributed by atoms with Crippen LogP contribution in [0.3, 0.4) is 0 Å². The Bertz CT molecular complexity index is 1340. The molecule has 0 bridgehead atoms. The van der Waals surface area contributed by atoms with Gasteiger partial charge in [-0.3, -0.25) is 0 Å². The van der Waals surface area contributed by atoms with Crippen LogP contribution in [0.25, 0.3) is 19.2 Å². The van der Waals surface area contributed by atoms with Crippen molar-refractivity contribution in [1.82, 2.24) is 4.98 Å². The van der Waals surface area contributed by atoms with Gasteiger partial charge in [-0.2, -0.15) is 0 Å². The van der Waals surface area contributed by atoms with Crippen LogP contribution in [-0.2, 0) is 12.8 Å². The molecule has 212 valence electrons. The van der Waals surface area contributed by atoms with E-state index < -0.39 is 0 Å². The average molecular weight is 657 g/mol. The van der Waals surface area contributed by atoms with Gasteiger partial charge in [0.2, 0.25) is 0 Å². The molecule has 40 heavy (non-hydrogen) atoms. The van der Waals surface area contributed by atoms with E-state index in [1.165, 1.54) is 43.0 Å². The fourth-order valence-electron chi connectivity index (χ4n) is 5.89. The second kappa shape index (κ2) is 13.6. The molecule has 3 nitrogen and oxygen atoms in total. The summed E-state index contributed by atoms with van der Waals surface area (Å²) in [6.07, 6.45) is 12.9. The number of hydrogen-bond donors (Lipinski definition) is 0. The molecule has 0 N–H and O–H groups in total. The van der Waals surface area contributed by atoms with Crippen LogP contribution in [0, 0.1) is 11.8 Å². The summed E-state index contributed by atoms with van der Waals surface area (Å²) in [5.41, 5.74) is 2.72. The molecule has 0 saturated carbocycles. The van der Waals surface area contributed by atoms with Crippen LogP contribution in [0.1, 0.15) is 121 Å². The zero-order chi connectivity index (χ0) is 28.2. The predicted molar refractivity (Wildman–Crippen MR) is 173 cm³/mol. The van der Waals surface area contributed by atoms with Crippen molar-refractivity contribution in [2.75, 3.05) is 0 Å². The molecule has 0 radical (unpaired) electrons. The summed E-state index contributed by atoms with van der Waals surface area (Å²) in [6, 6.07) is 4.21. The van der Waals surface area contributed by atoms with Crippen molar-refractivity contribution in [3.8, 4) is 19.2 Å². The number of nitrogens with zero attached hydrogens (tertiary/aromatic N) is 1. The van der Waals surface area contributed by atoms with Crippen LogP contribution in [-0.4, -0.2) is 31.1 Å². The second-order valence-corrected chi connectivity index (χ2v) is 16.0. The normalized spacial score (nSPS) is 14.4. The molecule has 0 aliphatic heterocycles. The van der Waals surface area contributed by atoms with Crippen molar-refractivity contribution in [3.63, 3.8) is 0 Å². The number of fused-ring (bicyclic) bond motifs is 2. The topological polar surface area (TPSA) is 47.0 Å². The van der Waals surface area contributed by atoms with Crippen LogP contribution in [0.4, 0.5) is 0 Å². The summed E-state index contributed by atoms with van der Waals surface area (Å²) in [4.78, 5) is 40.2. The molecule has 4 heterocycles. The first-order chi connectivity index (χ1) is 19.5. The Labute approximate surface area is 256 Å². The van der Waals surface area contributed by atoms with E-state index in [9.17, 15) is 9.59 Å². The molecular weight excluding hydrogens is 618 g/mol. The molecule has 2 unspecified atom stereocenters. The molecule has 5 rings (SSSR count). The van der Waals surface area contributed by atoms with Crippen molar-refractivity contribution < 1.29 is 9.59 Å². The van der Waals surface area contributed by atoms with Crippen molar-refractivity contribution in [1.29, 1.82) is 0 Å². The molecule has 1 aliphatic rings. The van der Waals surface area contributed by atoms with E-state index in [0.29, 0.717) is 23.0 Å². The maximum absolute atomic E-state index is 14.7. The summed E-state index contributed by atoms with van der Waals surface area (Å²) in [7, 11) is 0. The number of thiazole rings is 1. The Hall–Kier alpha value is -1.63. The summed E-state index contributed by atoms with van der Waals surface area (Å²) in [5.74, 6) is 1.21. The second-order valence-electron chi connectivity index (χ2n) is 10.9. The third-order valence-corrected chi connectivity index (χ3v) is 13.8. The van der Waals surface area contributed by atoms with E-state index in [2.05, 4.69) is 49.8 Å². The van der Waals surface area contributed by atoms with Crippen LogP contribution < -0.4 is 0 Å². The number of carbonyl (C=O) groups excluding carboxylic acids is 2. The van der Waals surface area contributed by atoms with E-state index in [4.69, 9.17) is 0 Å². The first-order valence-electron chi connectivity index (χ1n) is 14.9. The zero-order valence-electron chi connectivity index (χ0n) is 24.0. The van der Waals surface area contributed by atoms with Crippen molar-refractivity contribution in [3.05, 3.63) is 60.7 Å². The summed E-state index contributed by atoms with van der Waals surface area (Å²) >= 11 is 5.10. The Balaban J connectivity index is 1.67. The Morgan fingerprint density at radius 3 is 1.88 bits per heavy atom. The van der Waals surface area contributed by atoms with E-state index in [1.54, 1.807) is 40.2 Å². The van der Waals surface area contributed by atoms with Gasteiger partial charge in [-0.05, 0) is 0 Å². The molecule has 1 aliphatic carbocycles. The molecule has 2 atom stereocenters. The minimum absolute atomic E-state index is 0.0563. The van der Waals surface area contributed by atoms with Gasteiger partial charge >= 0.3 is 251 Å². The number of carbonyl (C=O) groups is 2. The Morgan fingerprint density at radius 1 is 0.800 bits per heavy atom. The molecule has 7 heteroatoms. The number of ketones is 2. The number of aromatic nitrogens is 1. The van der Waals surface area contributed by atoms with E-state index in [1.807, 2.05) is 5.38 Å². The first kappa shape index (κ1) is 29.8. The van der Waals surface area contributed by atoms with Gasteiger partial charge in [0, 0.05) is 0 Å². The van der Waals surface area contributed by atoms with Gasteiger partial charge in [0.05, 0.1) is 0 Å². The average Bonchev–Trinajstić information content (AvgIpc) is 3.77. The van der Waals surface area contributed by atoms with Crippen LogP contribution in [0.15, 0.2) is 28.6 Å². The van der Waals surface area contributed by atoms with Crippen LogP contribution in [0.2, 0.25) is 0 Å². The van der Waals surface area contributed by atoms with Gasteiger partial charge in [0.1, 0.15) is 0 Å². The van der Waals surface area contributed by atoms with Gasteiger partial charge in [0.25, 0.3) is 0 Å². The summed E-state index contributed by atoms with van der Waals surface area (Å²) < 4.78 is 1.19. The van der Waals surface area contributed by atoms with Crippen molar-refractivity contribution in [2.24, 2.45) is 11.8 Å². The van der Waals surface area contributed by atoms with Gasteiger partial charge in [0.15, 0.2) is 0 Å². The van der Waals surface area contributed by atoms with Gasteiger partial charge < -0.3 is 0 Å². The fourth-order valence-corrected chi connectivity index (χ4v) is 11.3. The Kier molecular flexibility index (Phi) is 10.1. The maximum atomic E-state index is 14.7. The molecule has 0 aromatic carbocycles. The molecule has 0 fully saturated rings. The van der Waals surface area contributed by atoms with Gasteiger partial charge in [-0.15, -0.1) is 0 Å².